The largest absolute Gasteiger partial charge is 0.378 e. The van der Waals surface area contributed by atoms with Gasteiger partial charge in [-0.05, 0) is 36.2 Å². The zero-order valence-electron chi connectivity index (χ0n) is 10.4. The van der Waals surface area contributed by atoms with Crippen LogP contribution < -0.4 is 5.32 Å². The summed E-state index contributed by atoms with van der Waals surface area (Å²) in [5.74, 6) is -0.434. The van der Waals surface area contributed by atoms with E-state index in [1.165, 1.54) is 0 Å². The molecule has 0 saturated heterocycles. The van der Waals surface area contributed by atoms with Gasteiger partial charge in [-0.2, -0.15) is 0 Å². The fourth-order valence-electron chi connectivity index (χ4n) is 1.76. The zero-order chi connectivity index (χ0) is 13.8. The Morgan fingerprint density at radius 3 is 2.53 bits per heavy atom. The highest BCUT2D eigenvalue weighted by Gasteiger charge is 2.17. The molecule has 0 aliphatic carbocycles. The maximum absolute atomic E-state index is 12.0. The highest BCUT2D eigenvalue weighted by Crippen LogP contribution is 2.22. The van der Waals surface area contributed by atoms with Gasteiger partial charge in [-0.25, -0.2) is 0 Å². The van der Waals surface area contributed by atoms with Crippen molar-refractivity contribution >= 4 is 27.5 Å². The van der Waals surface area contributed by atoms with Crippen molar-refractivity contribution in [3.05, 3.63) is 64.1 Å². The molecule has 0 radical (unpaired) electrons. The van der Waals surface area contributed by atoms with Crippen LogP contribution in [0.2, 0.25) is 0 Å². The van der Waals surface area contributed by atoms with E-state index in [-0.39, 0.29) is 0 Å². The molecule has 19 heavy (non-hydrogen) atoms. The van der Waals surface area contributed by atoms with E-state index < -0.39 is 12.0 Å². The second-order valence-electron chi connectivity index (χ2n) is 4.26. The lowest BCUT2D eigenvalue weighted by Gasteiger charge is -2.13. The number of carbonyl (C=O) groups is 1. The van der Waals surface area contributed by atoms with Gasteiger partial charge < -0.3 is 10.4 Å². The molecule has 3 nitrogen and oxygen atoms in total. The van der Waals surface area contributed by atoms with Crippen LogP contribution in [0.15, 0.2) is 53.0 Å². The zero-order valence-corrected chi connectivity index (χ0v) is 12.0. The molecule has 0 saturated carbocycles. The third-order valence-corrected chi connectivity index (χ3v) is 3.30. The lowest BCUT2D eigenvalue weighted by Crippen LogP contribution is -2.21. The SMILES string of the molecule is Cc1cc(Br)ccc1NC(=O)C(O)c1ccccc1. The third kappa shape index (κ3) is 3.43. The number of halogens is 1. The number of hydrogen-bond acceptors (Lipinski definition) is 2. The van der Waals surface area contributed by atoms with Gasteiger partial charge >= 0.3 is 0 Å². The molecule has 1 atom stereocenters. The van der Waals surface area contributed by atoms with E-state index in [9.17, 15) is 9.90 Å². The predicted molar refractivity (Wildman–Crippen MR) is 78.9 cm³/mol. The van der Waals surface area contributed by atoms with Crippen LogP contribution in [-0.2, 0) is 4.79 Å². The number of aliphatic hydroxyl groups excluding tert-OH is 1. The van der Waals surface area contributed by atoms with Crippen molar-refractivity contribution in [2.75, 3.05) is 5.32 Å². The lowest BCUT2D eigenvalue weighted by atomic mass is 10.1. The van der Waals surface area contributed by atoms with Crippen molar-refractivity contribution in [2.24, 2.45) is 0 Å². The highest BCUT2D eigenvalue weighted by molar-refractivity contribution is 9.10. The van der Waals surface area contributed by atoms with Crippen LogP contribution >= 0.6 is 15.9 Å². The van der Waals surface area contributed by atoms with Crippen molar-refractivity contribution in [3.63, 3.8) is 0 Å². The Hall–Kier alpha value is -1.65. The number of anilines is 1. The van der Waals surface area contributed by atoms with E-state index in [1.807, 2.05) is 25.1 Å². The summed E-state index contributed by atoms with van der Waals surface area (Å²) in [4.78, 5) is 12.0. The lowest BCUT2D eigenvalue weighted by molar-refractivity contribution is -0.124. The number of hydrogen-bond donors (Lipinski definition) is 2. The van der Waals surface area contributed by atoms with Gasteiger partial charge in [-0.3, -0.25) is 4.79 Å². The molecule has 2 aromatic carbocycles. The van der Waals surface area contributed by atoms with E-state index in [4.69, 9.17) is 0 Å². The average molecular weight is 320 g/mol. The van der Waals surface area contributed by atoms with E-state index in [0.29, 0.717) is 11.3 Å². The second kappa shape index (κ2) is 5.99. The molecule has 0 heterocycles. The monoisotopic (exact) mass is 319 g/mol. The summed E-state index contributed by atoms with van der Waals surface area (Å²) in [6.07, 6.45) is -1.16. The van der Waals surface area contributed by atoms with Crippen LogP contribution in [0.4, 0.5) is 5.69 Å². The summed E-state index contributed by atoms with van der Waals surface area (Å²) in [6.45, 7) is 1.90. The van der Waals surface area contributed by atoms with Gasteiger partial charge in [-0.1, -0.05) is 46.3 Å². The van der Waals surface area contributed by atoms with Gasteiger partial charge in [0.1, 0.15) is 0 Å². The molecule has 2 aromatic rings. The minimum atomic E-state index is -1.16. The molecule has 1 amide bonds. The molecule has 2 rings (SSSR count). The second-order valence-corrected chi connectivity index (χ2v) is 5.18. The Kier molecular flexibility index (Phi) is 4.35. The molecule has 0 fully saturated rings. The minimum absolute atomic E-state index is 0.434. The van der Waals surface area contributed by atoms with Crippen LogP contribution in [-0.4, -0.2) is 11.0 Å². The summed E-state index contributed by atoms with van der Waals surface area (Å²) in [5.41, 5.74) is 2.21. The van der Waals surface area contributed by atoms with Crippen molar-refractivity contribution in [1.29, 1.82) is 0 Å². The molecule has 0 aliphatic rings. The first-order chi connectivity index (χ1) is 9.08. The van der Waals surface area contributed by atoms with Gasteiger partial charge in [0, 0.05) is 10.2 Å². The Morgan fingerprint density at radius 2 is 1.89 bits per heavy atom. The van der Waals surface area contributed by atoms with Crippen LogP contribution in [0.3, 0.4) is 0 Å². The number of aryl methyl sites for hydroxylation is 1. The molecule has 0 spiro atoms. The molecule has 4 heteroatoms. The van der Waals surface area contributed by atoms with E-state index >= 15 is 0 Å². The normalized spacial score (nSPS) is 11.9. The van der Waals surface area contributed by atoms with Gasteiger partial charge in [0.2, 0.25) is 0 Å². The molecule has 0 aromatic heterocycles. The number of rotatable bonds is 3. The standard InChI is InChI=1S/C15H14BrNO2/c1-10-9-12(16)7-8-13(10)17-15(19)14(18)11-5-3-2-4-6-11/h2-9,14,18H,1H3,(H,17,19). The van der Waals surface area contributed by atoms with Gasteiger partial charge in [0.15, 0.2) is 6.10 Å². The van der Waals surface area contributed by atoms with E-state index in [2.05, 4.69) is 21.2 Å². The van der Waals surface area contributed by atoms with Crippen molar-refractivity contribution in [2.45, 2.75) is 13.0 Å². The molecule has 98 valence electrons. The smallest absolute Gasteiger partial charge is 0.257 e. The third-order valence-electron chi connectivity index (χ3n) is 2.81. The highest BCUT2D eigenvalue weighted by atomic mass is 79.9. The molecular formula is C15H14BrNO2. The maximum Gasteiger partial charge on any atom is 0.257 e. The first-order valence-electron chi connectivity index (χ1n) is 5.88. The Balaban J connectivity index is 2.13. The van der Waals surface area contributed by atoms with Crippen LogP contribution in [0, 0.1) is 6.92 Å². The average Bonchev–Trinajstić information content (AvgIpc) is 2.42. The molecule has 2 N–H and O–H groups in total. The van der Waals surface area contributed by atoms with Crippen LogP contribution in [0.5, 0.6) is 0 Å². The summed E-state index contributed by atoms with van der Waals surface area (Å²) in [7, 11) is 0. The number of amides is 1. The Morgan fingerprint density at radius 1 is 1.21 bits per heavy atom. The molecular weight excluding hydrogens is 306 g/mol. The number of aliphatic hydroxyl groups is 1. The first-order valence-corrected chi connectivity index (χ1v) is 6.67. The summed E-state index contributed by atoms with van der Waals surface area (Å²) in [6, 6.07) is 14.4. The topological polar surface area (TPSA) is 49.3 Å². The number of benzene rings is 2. The maximum atomic E-state index is 12.0. The quantitative estimate of drug-likeness (QED) is 0.910. The fraction of sp³-hybridized carbons (Fsp3) is 0.133. The van der Waals surface area contributed by atoms with E-state index in [1.54, 1.807) is 30.3 Å². The molecule has 1 unspecified atom stereocenters. The Labute approximate surface area is 120 Å². The molecule has 0 bridgehead atoms. The van der Waals surface area contributed by atoms with Crippen LogP contribution in [0.25, 0.3) is 0 Å². The fourth-order valence-corrected chi connectivity index (χ4v) is 2.23. The van der Waals surface area contributed by atoms with Gasteiger partial charge in [0.05, 0.1) is 0 Å². The van der Waals surface area contributed by atoms with Gasteiger partial charge in [0.25, 0.3) is 5.91 Å². The van der Waals surface area contributed by atoms with Crippen molar-refractivity contribution < 1.29 is 9.90 Å². The van der Waals surface area contributed by atoms with Crippen molar-refractivity contribution in [1.82, 2.24) is 0 Å². The minimum Gasteiger partial charge on any atom is -0.378 e. The number of carbonyl (C=O) groups excluding carboxylic acids is 1. The van der Waals surface area contributed by atoms with E-state index in [0.717, 1.165) is 10.0 Å². The summed E-state index contributed by atoms with van der Waals surface area (Å²) < 4.78 is 0.951. The summed E-state index contributed by atoms with van der Waals surface area (Å²) >= 11 is 3.37. The number of nitrogens with one attached hydrogen (secondary N) is 1. The van der Waals surface area contributed by atoms with Crippen LogP contribution in [0.1, 0.15) is 17.2 Å². The Bertz CT molecular complexity index is 584. The first kappa shape index (κ1) is 13.8. The predicted octanol–water partition coefficient (Wildman–Crippen LogP) is 3.43. The van der Waals surface area contributed by atoms with Crippen molar-refractivity contribution in [3.8, 4) is 0 Å². The molecule has 0 aliphatic heterocycles. The summed E-state index contributed by atoms with van der Waals surface area (Å²) in [5, 5.41) is 12.7. The van der Waals surface area contributed by atoms with Gasteiger partial charge in [-0.15, -0.1) is 0 Å².